The van der Waals surface area contributed by atoms with Crippen molar-refractivity contribution in [1.29, 1.82) is 0 Å². The Balaban J connectivity index is 2.37. The van der Waals surface area contributed by atoms with Crippen LogP contribution in [-0.4, -0.2) is 14.5 Å². The summed E-state index contributed by atoms with van der Waals surface area (Å²) in [6.07, 6.45) is 3.52. The number of pyridine rings is 1. The van der Waals surface area contributed by atoms with Crippen LogP contribution in [0, 0.1) is 6.92 Å². The summed E-state index contributed by atoms with van der Waals surface area (Å²) in [6.45, 7) is 2.07. The largest absolute Gasteiger partial charge is 0.294 e. The van der Waals surface area contributed by atoms with Crippen molar-refractivity contribution < 1.29 is 0 Å². The highest BCUT2D eigenvalue weighted by Gasteiger charge is 2.13. The standard InChI is InChI=1S/C14H11BrClN3/c1-9-2-3-10(15)13(6-9)19-12-4-5-17-8-11(12)18-14(19)7-16/h2-6,8H,7H2,1H3. The van der Waals surface area contributed by atoms with Gasteiger partial charge in [-0.15, -0.1) is 11.6 Å². The minimum Gasteiger partial charge on any atom is -0.294 e. The molecule has 0 aliphatic heterocycles. The van der Waals surface area contributed by atoms with Crippen molar-refractivity contribution in [3.8, 4) is 5.69 Å². The minimum atomic E-state index is 0.356. The molecule has 3 nitrogen and oxygen atoms in total. The lowest BCUT2D eigenvalue weighted by Crippen LogP contribution is -2.00. The van der Waals surface area contributed by atoms with Gasteiger partial charge in [-0.3, -0.25) is 9.55 Å². The predicted octanol–water partition coefficient (Wildman–Crippen LogP) is 4.23. The molecule has 0 saturated heterocycles. The average Bonchev–Trinajstić information content (AvgIpc) is 2.80. The molecule has 0 aliphatic carbocycles. The number of fused-ring (bicyclic) bond motifs is 1. The van der Waals surface area contributed by atoms with Gasteiger partial charge in [-0.2, -0.15) is 0 Å². The van der Waals surface area contributed by atoms with Crippen LogP contribution in [0.2, 0.25) is 0 Å². The molecule has 0 bridgehead atoms. The summed E-state index contributed by atoms with van der Waals surface area (Å²) in [5.74, 6) is 1.17. The molecule has 0 atom stereocenters. The van der Waals surface area contributed by atoms with Crippen molar-refractivity contribution in [2.45, 2.75) is 12.8 Å². The predicted molar refractivity (Wildman–Crippen MR) is 80.9 cm³/mol. The van der Waals surface area contributed by atoms with Gasteiger partial charge >= 0.3 is 0 Å². The monoisotopic (exact) mass is 335 g/mol. The SMILES string of the molecule is Cc1ccc(Br)c(-n2c(CCl)nc3cnccc32)c1. The van der Waals surface area contributed by atoms with Crippen LogP contribution < -0.4 is 0 Å². The van der Waals surface area contributed by atoms with Crippen LogP contribution in [0.1, 0.15) is 11.4 Å². The molecule has 0 unspecified atom stereocenters. The number of rotatable bonds is 2. The molecule has 0 N–H and O–H groups in total. The van der Waals surface area contributed by atoms with Gasteiger partial charge in [0.05, 0.1) is 23.3 Å². The highest BCUT2D eigenvalue weighted by Crippen LogP contribution is 2.28. The molecule has 0 radical (unpaired) electrons. The number of alkyl halides is 1. The Morgan fingerprint density at radius 3 is 2.95 bits per heavy atom. The van der Waals surface area contributed by atoms with Gasteiger partial charge in [-0.05, 0) is 46.6 Å². The lowest BCUT2D eigenvalue weighted by Gasteiger charge is -2.11. The zero-order valence-corrected chi connectivity index (χ0v) is 12.6. The fourth-order valence-electron chi connectivity index (χ4n) is 2.13. The van der Waals surface area contributed by atoms with E-state index in [1.54, 1.807) is 12.4 Å². The fraction of sp³-hybridized carbons (Fsp3) is 0.143. The van der Waals surface area contributed by atoms with E-state index in [1.165, 1.54) is 5.56 Å². The molecule has 2 heterocycles. The van der Waals surface area contributed by atoms with Crippen molar-refractivity contribution in [1.82, 2.24) is 14.5 Å². The van der Waals surface area contributed by atoms with E-state index in [4.69, 9.17) is 11.6 Å². The Kier molecular flexibility index (Phi) is 3.29. The van der Waals surface area contributed by atoms with Crippen LogP contribution in [0.4, 0.5) is 0 Å². The zero-order chi connectivity index (χ0) is 13.4. The van der Waals surface area contributed by atoms with Crippen LogP contribution in [0.15, 0.2) is 41.1 Å². The lowest BCUT2D eigenvalue weighted by atomic mass is 10.2. The van der Waals surface area contributed by atoms with E-state index in [9.17, 15) is 0 Å². The Labute approximate surface area is 124 Å². The Morgan fingerprint density at radius 2 is 2.16 bits per heavy atom. The molecule has 0 amide bonds. The molecule has 1 aromatic carbocycles. The van der Waals surface area contributed by atoms with E-state index in [0.717, 1.165) is 27.0 Å². The van der Waals surface area contributed by atoms with E-state index >= 15 is 0 Å². The van der Waals surface area contributed by atoms with E-state index in [-0.39, 0.29) is 0 Å². The molecule has 5 heteroatoms. The average molecular weight is 337 g/mol. The molecule has 0 aliphatic rings. The maximum absolute atomic E-state index is 6.03. The van der Waals surface area contributed by atoms with Crippen molar-refractivity contribution in [2.75, 3.05) is 0 Å². The van der Waals surface area contributed by atoms with Gasteiger partial charge in [0.2, 0.25) is 0 Å². The first-order chi connectivity index (χ1) is 9.20. The number of nitrogens with zero attached hydrogens (tertiary/aromatic N) is 3. The van der Waals surface area contributed by atoms with Crippen LogP contribution in [0.25, 0.3) is 16.7 Å². The molecule has 19 heavy (non-hydrogen) atoms. The number of aromatic nitrogens is 3. The molecule has 3 rings (SSSR count). The summed E-state index contributed by atoms with van der Waals surface area (Å²) in [4.78, 5) is 8.63. The third kappa shape index (κ3) is 2.15. The Hall–Kier alpha value is -1.39. The van der Waals surface area contributed by atoms with E-state index in [2.05, 4.69) is 49.5 Å². The molecule has 96 valence electrons. The quantitative estimate of drug-likeness (QED) is 0.656. The Bertz CT molecular complexity index is 752. The minimum absolute atomic E-state index is 0.356. The first kappa shape index (κ1) is 12.6. The zero-order valence-electron chi connectivity index (χ0n) is 10.3. The lowest BCUT2D eigenvalue weighted by molar-refractivity contribution is 0.975. The molecule has 2 aromatic heterocycles. The summed E-state index contributed by atoms with van der Waals surface area (Å²) < 4.78 is 3.08. The maximum atomic E-state index is 6.03. The summed E-state index contributed by atoms with van der Waals surface area (Å²) in [7, 11) is 0. The van der Waals surface area contributed by atoms with Gasteiger partial charge in [0.1, 0.15) is 11.3 Å². The van der Waals surface area contributed by atoms with E-state index < -0.39 is 0 Å². The van der Waals surface area contributed by atoms with E-state index in [0.29, 0.717) is 5.88 Å². The van der Waals surface area contributed by atoms with Crippen LogP contribution in [-0.2, 0) is 5.88 Å². The van der Waals surface area contributed by atoms with Crippen molar-refractivity contribution in [2.24, 2.45) is 0 Å². The summed E-state index contributed by atoms with van der Waals surface area (Å²) in [5, 5.41) is 0. The molecule has 0 fully saturated rings. The molecular weight excluding hydrogens is 326 g/mol. The second-order valence-electron chi connectivity index (χ2n) is 4.32. The first-order valence-electron chi connectivity index (χ1n) is 5.84. The molecule has 0 spiro atoms. The summed E-state index contributed by atoms with van der Waals surface area (Å²) in [6, 6.07) is 8.17. The number of benzene rings is 1. The Morgan fingerprint density at radius 1 is 1.32 bits per heavy atom. The van der Waals surface area contributed by atoms with E-state index in [1.807, 2.05) is 12.1 Å². The number of aryl methyl sites for hydroxylation is 1. The van der Waals surface area contributed by atoms with Gasteiger partial charge in [0.25, 0.3) is 0 Å². The van der Waals surface area contributed by atoms with Crippen molar-refractivity contribution >= 4 is 38.6 Å². The second kappa shape index (κ2) is 4.94. The van der Waals surface area contributed by atoms with Gasteiger partial charge in [0.15, 0.2) is 0 Å². The van der Waals surface area contributed by atoms with Crippen LogP contribution in [0.5, 0.6) is 0 Å². The number of hydrogen-bond donors (Lipinski definition) is 0. The second-order valence-corrected chi connectivity index (χ2v) is 5.44. The van der Waals surface area contributed by atoms with Gasteiger partial charge in [-0.25, -0.2) is 4.98 Å². The number of halogens is 2. The smallest absolute Gasteiger partial charge is 0.129 e. The molecular formula is C14H11BrClN3. The van der Waals surface area contributed by atoms with Gasteiger partial charge in [0, 0.05) is 10.7 Å². The van der Waals surface area contributed by atoms with Crippen LogP contribution in [0.3, 0.4) is 0 Å². The summed E-state index contributed by atoms with van der Waals surface area (Å²) >= 11 is 9.62. The molecule has 3 aromatic rings. The third-order valence-electron chi connectivity index (χ3n) is 2.99. The van der Waals surface area contributed by atoms with Crippen molar-refractivity contribution in [3.05, 3.63) is 52.5 Å². The molecule has 0 saturated carbocycles. The third-order valence-corrected chi connectivity index (χ3v) is 3.90. The van der Waals surface area contributed by atoms with Gasteiger partial charge < -0.3 is 0 Å². The number of imidazole rings is 1. The number of hydrogen-bond acceptors (Lipinski definition) is 2. The van der Waals surface area contributed by atoms with Gasteiger partial charge in [-0.1, -0.05) is 6.07 Å². The normalized spacial score (nSPS) is 11.1. The highest BCUT2D eigenvalue weighted by molar-refractivity contribution is 9.10. The summed E-state index contributed by atoms with van der Waals surface area (Å²) in [5.41, 5.74) is 4.10. The highest BCUT2D eigenvalue weighted by atomic mass is 79.9. The maximum Gasteiger partial charge on any atom is 0.129 e. The van der Waals surface area contributed by atoms with Crippen LogP contribution >= 0.6 is 27.5 Å². The first-order valence-corrected chi connectivity index (χ1v) is 7.17. The topological polar surface area (TPSA) is 30.7 Å². The fourth-order valence-corrected chi connectivity index (χ4v) is 2.74. The van der Waals surface area contributed by atoms with Crippen molar-refractivity contribution in [3.63, 3.8) is 0 Å².